The number of hydrogen-bond acceptors (Lipinski definition) is 5. The number of carbonyl (C=O) groups excluding carboxylic acids is 2. The fourth-order valence-corrected chi connectivity index (χ4v) is 2.85. The van der Waals surface area contributed by atoms with Crippen LogP contribution in [0.2, 0.25) is 0 Å². The van der Waals surface area contributed by atoms with Crippen molar-refractivity contribution in [2.45, 2.75) is 19.8 Å². The highest BCUT2D eigenvalue weighted by Crippen LogP contribution is 2.37. The van der Waals surface area contributed by atoms with Crippen LogP contribution in [0.1, 0.15) is 30.1 Å². The number of hydrogen-bond donors (Lipinski definition) is 1. The molecule has 0 radical (unpaired) electrons. The first-order valence-corrected chi connectivity index (χ1v) is 8.39. The minimum absolute atomic E-state index is 0.0763. The lowest BCUT2D eigenvalue weighted by atomic mass is 9.91. The third-order valence-corrected chi connectivity index (χ3v) is 4.26. The van der Waals surface area contributed by atoms with Gasteiger partial charge in [0, 0.05) is 24.0 Å². The molecule has 1 aliphatic carbocycles. The van der Waals surface area contributed by atoms with Gasteiger partial charge in [-0.25, -0.2) is 4.39 Å². The minimum Gasteiger partial charge on any atom is -0.507 e. The smallest absolute Gasteiger partial charge is 0.167 e. The molecule has 0 amide bonds. The van der Waals surface area contributed by atoms with Gasteiger partial charge in [-0.3, -0.25) is 9.59 Å². The van der Waals surface area contributed by atoms with E-state index in [1.807, 2.05) is 0 Å². The van der Waals surface area contributed by atoms with Gasteiger partial charge < -0.3 is 14.6 Å². The van der Waals surface area contributed by atoms with E-state index in [4.69, 9.17) is 9.47 Å². The van der Waals surface area contributed by atoms with Gasteiger partial charge in [0.25, 0.3) is 0 Å². The number of carbonyl (C=O) groups is 2. The standard InChI is InChI=1S/C20H19FO5/c1-12(20(24)13-3-2-4-14(21)6-5-13)9-16(22)15-10-18-19(11-17(15)23)26-8-7-25-18/h3-6,10-12,23H,2,7-9H2,1H3. The number of phenolic OH excluding ortho intramolecular Hbond substituents is 1. The highest BCUT2D eigenvalue weighted by Gasteiger charge is 2.24. The number of rotatable bonds is 5. The van der Waals surface area contributed by atoms with Gasteiger partial charge in [-0.15, -0.1) is 0 Å². The van der Waals surface area contributed by atoms with Crippen molar-refractivity contribution >= 4 is 11.6 Å². The van der Waals surface area contributed by atoms with Crippen LogP contribution in [-0.4, -0.2) is 29.9 Å². The lowest BCUT2D eigenvalue weighted by Crippen LogP contribution is -2.18. The topological polar surface area (TPSA) is 72.8 Å². The predicted molar refractivity (Wildman–Crippen MR) is 93.2 cm³/mol. The quantitative estimate of drug-likeness (QED) is 0.813. The zero-order chi connectivity index (χ0) is 18.7. The van der Waals surface area contributed by atoms with Crippen LogP contribution in [0.25, 0.3) is 0 Å². The summed E-state index contributed by atoms with van der Waals surface area (Å²) in [5.41, 5.74) is 0.465. The molecule has 136 valence electrons. The van der Waals surface area contributed by atoms with Gasteiger partial charge in [0.15, 0.2) is 23.1 Å². The molecule has 1 aliphatic heterocycles. The van der Waals surface area contributed by atoms with E-state index in [-0.39, 0.29) is 29.3 Å². The molecule has 0 spiro atoms. The second-order valence-electron chi connectivity index (χ2n) is 6.22. The summed E-state index contributed by atoms with van der Waals surface area (Å²) in [5.74, 6) is -1.04. The summed E-state index contributed by atoms with van der Waals surface area (Å²) in [4.78, 5) is 25.1. The number of allylic oxidation sites excluding steroid dienone is 6. The van der Waals surface area contributed by atoms with Gasteiger partial charge in [0.05, 0.1) is 5.56 Å². The first kappa shape index (κ1) is 17.9. The Morgan fingerprint density at radius 3 is 2.58 bits per heavy atom. The number of halogens is 1. The highest BCUT2D eigenvalue weighted by atomic mass is 19.1. The van der Waals surface area contributed by atoms with Crippen LogP contribution in [-0.2, 0) is 4.79 Å². The number of phenols is 1. The number of benzene rings is 1. The van der Waals surface area contributed by atoms with Crippen molar-refractivity contribution in [3.05, 3.63) is 53.4 Å². The zero-order valence-corrected chi connectivity index (χ0v) is 14.3. The molecule has 1 aromatic carbocycles. The van der Waals surface area contributed by atoms with E-state index in [2.05, 4.69) is 0 Å². The Balaban J connectivity index is 1.72. The van der Waals surface area contributed by atoms with Gasteiger partial charge in [0.1, 0.15) is 24.8 Å². The normalized spacial score (nSPS) is 17.0. The molecular weight excluding hydrogens is 339 g/mol. The molecule has 6 heteroatoms. The van der Waals surface area contributed by atoms with Crippen molar-refractivity contribution < 1.29 is 28.6 Å². The number of ether oxygens (including phenoxy) is 2. The van der Waals surface area contributed by atoms with Crippen molar-refractivity contribution in [1.82, 2.24) is 0 Å². The first-order chi connectivity index (χ1) is 12.5. The SMILES string of the molecule is CC(CC(=O)c1cc2c(cc1O)OCCO2)C(=O)C1=CCC=C(F)C=C1. The van der Waals surface area contributed by atoms with Crippen LogP contribution >= 0.6 is 0 Å². The monoisotopic (exact) mass is 358 g/mol. The van der Waals surface area contributed by atoms with E-state index in [0.717, 1.165) is 0 Å². The number of fused-ring (bicyclic) bond motifs is 1. The third kappa shape index (κ3) is 3.85. The Morgan fingerprint density at radius 2 is 1.85 bits per heavy atom. The van der Waals surface area contributed by atoms with Crippen molar-refractivity contribution in [1.29, 1.82) is 0 Å². The van der Waals surface area contributed by atoms with Crippen LogP contribution in [0.5, 0.6) is 17.2 Å². The van der Waals surface area contributed by atoms with Crippen molar-refractivity contribution in [2.24, 2.45) is 5.92 Å². The molecule has 5 nitrogen and oxygen atoms in total. The van der Waals surface area contributed by atoms with Crippen LogP contribution in [0.3, 0.4) is 0 Å². The number of aromatic hydroxyl groups is 1. The van der Waals surface area contributed by atoms with E-state index in [1.54, 1.807) is 13.0 Å². The maximum Gasteiger partial charge on any atom is 0.167 e. The number of ketones is 2. The Bertz CT molecular complexity index is 835. The molecular formula is C20H19FO5. The minimum atomic E-state index is -0.604. The van der Waals surface area contributed by atoms with E-state index in [1.165, 1.54) is 30.4 Å². The molecule has 3 rings (SSSR count). The van der Waals surface area contributed by atoms with Gasteiger partial charge in [-0.05, 0) is 30.7 Å². The first-order valence-electron chi connectivity index (χ1n) is 8.39. The van der Waals surface area contributed by atoms with Crippen LogP contribution in [0.4, 0.5) is 4.39 Å². The Hall–Kier alpha value is -2.89. The van der Waals surface area contributed by atoms with Crippen molar-refractivity contribution in [2.75, 3.05) is 13.2 Å². The lowest BCUT2D eigenvalue weighted by Gasteiger charge is -2.19. The van der Waals surface area contributed by atoms with Crippen LogP contribution < -0.4 is 9.47 Å². The second-order valence-corrected chi connectivity index (χ2v) is 6.22. The molecule has 0 saturated heterocycles. The lowest BCUT2D eigenvalue weighted by molar-refractivity contribution is -0.118. The molecule has 1 unspecified atom stereocenters. The summed E-state index contributed by atoms with van der Waals surface area (Å²) in [5, 5.41) is 10.1. The fourth-order valence-electron chi connectivity index (χ4n) is 2.85. The van der Waals surface area contributed by atoms with Crippen LogP contribution in [0, 0.1) is 5.92 Å². The predicted octanol–water partition coefficient (Wildman–Crippen LogP) is 3.68. The fraction of sp³-hybridized carbons (Fsp3) is 0.300. The molecule has 1 atom stereocenters. The molecule has 0 aromatic heterocycles. The Kier molecular flexibility index (Phi) is 5.21. The summed E-state index contributed by atoms with van der Waals surface area (Å²) in [6, 6.07) is 2.78. The summed E-state index contributed by atoms with van der Waals surface area (Å²) >= 11 is 0. The molecule has 1 heterocycles. The Labute approximate surface area is 150 Å². The maximum absolute atomic E-state index is 13.2. The largest absolute Gasteiger partial charge is 0.507 e. The summed E-state index contributed by atoms with van der Waals surface area (Å²) < 4.78 is 24.0. The summed E-state index contributed by atoms with van der Waals surface area (Å²) in [7, 11) is 0. The van der Waals surface area contributed by atoms with E-state index in [0.29, 0.717) is 36.7 Å². The molecule has 0 bridgehead atoms. The molecule has 26 heavy (non-hydrogen) atoms. The van der Waals surface area contributed by atoms with Crippen molar-refractivity contribution in [3.63, 3.8) is 0 Å². The van der Waals surface area contributed by atoms with E-state index < -0.39 is 11.7 Å². The molecule has 1 N–H and O–H groups in total. The summed E-state index contributed by atoms with van der Waals surface area (Å²) in [6.07, 6.45) is 5.91. The molecule has 2 aliphatic rings. The van der Waals surface area contributed by atoms with Gasteiger partial charge in [-0.2, -0.15) is 0 Å². The van der Waals surface area contributed by atoms with E-state index >= 15 is 0 Å². The van der Waals surface area contributed by atoms with E-state index in [9.17, 15) is 19.1 Å². The highest BCUT2D eigenvalue weighted by molar-refractivity contribution is 6.05. The average Bonchev–Trinajstić information content (AvgIpc) is 2.84. The Morgan fingerprint density at radius 1 is 1.15 bits per heavy atom. The van der Waals surface area contributed by atoms with Gasteiger partial charge in [-0.1, -0.05) is 13.0 Å². The second kappa shape index (κ2) is 7.56. The number of Topliss-reactive ketones (excluding diaryl/α,β-unsaturated/α-hetero) is 2. The van der Waals surface area contributed by atoms with Gasteiger partial charge in [0.2, 0.25) is 0 Å². The average molecular weight is 358 g/mol. The molecule has 0 saturated carbocycles. The summed E-state index contributed by atoms with van der Waals surface area (Å²) in [6.45, 7) is 2.38. The van der Waals surface area contributed by atoms with Gasteiger partial charge >= 0.3 is 0 Å². The molecule has 0 fully saturated rings. The van der Waals surface area contributed by atoms with Crippen LogP contribution in [0.15, 0.2) is 47.8 Å². The zero-order valence-electron chi connectivity index (χ0n) is 14.3. The third-order valence-electron chi connectivity index (χ3n) is 4.26. The van der Waals surface area contributed by atoms with Crippen molar-refractivity contribution in [3.8, 4) is 17.2 Å². The maximum atomic E-state index is 13.2. The molecule has 1 aromatic rings.